The Labute approximate surface area is 158 Å². The molecule has 0 radical (unpaired) electrons. The molecule has 2 amide bonds. The van der Waals surface area contributed by atoms with Crippen LogP contribution in [0.4, 0.5) is 5.69 Å². The first kappa shape index (κ1) is 19.1. The summed E-state index contributed by atoms with van der Waals surface area (Å²) in [7, 11) is 1.63. The lowest BCUT2D eigenvalue weighted by Crippen LogP contribution is -2.32. The van der Waals surface area contributed by atoms with E-state index in [9.17, 15) is 9.59 Å². The van der Waals surface area contributed by atoms with E-state index in [1.807, 2.05) is 12.1 Å². The van der Waals surface area contributed by atoms with E-state index >= 15 is 0 Å². The van der Waals surface area contributed by atoms with Gasteiger partial charge in [0.25, 0.3) is 11.8 Å². The van der Waals surface area contributed by atoms with Gasteiger partial charge in [0.2, 0.25) is 0 Å². The van der Waals surface area contributed by atoms with Gasteiger partial charge in [0.15, 0.2) is 0 Å². The Morgan fingerprint density at radius 1 is 1.11 bits per heavy atom. The topological polar surface area (TPSA) is 76.7 Å². The summed E-state index contributed by atoms with van der Waals surface area (Å²) in [5.74, 6) is -0.491. The summed E-state index contributed by atoms with van der Waals surface area (Å²) in [6.45, 7) is 1.72. The van der Waals surface area contributed by atoms with Gasteiger partial charge < -0.3 is 20.1 Å². The average molecular weight is 368 g/mol. The maximum atomic E-state index is 12.5. The van der Waals surface area contributed by atoms with Crippen LogP contribution in [0.2, 0.25) is 0 Å². The van der Waals surface area contributed by atoms with Gasteiger partial charge in [0, 0.05) is 25.8 Å². The largest absolute Gasteiger partial charge is 0.380 e. The molecule has 2 N–H and O–H groups in total. The zero-order chi connectivity index (χ0) is 19.1. The first-order valence-corrected chi connectivity index (χ1v) is 9.05. The minimum atomic E-state index is -0.265. The summed E-state index contributed by atoms with van der Waals surface area (Å²) in [5.41, 5.74) is 2.42. The lowest BCUT2D eigenvalue weighted by atomic mass is 10.1. The normalized spacial score (nSPS) is 16.1. The van der Waals surface area contributed by atoms with E-state index in [4.69, 9.17) is 9.47 Å². The van der Waals surface area contributed by atoms with Crippen molar-refractivity contribution in [1.29, 1.82) is 0 Å². The summed E-state index contributed by atoms with van der Waals surface area (Å²) in [5, 5.41) is 5.71. The summed E-state index contributed by atoms with van der Waals surface area (Å²) in [6.07, 6.45) is 2.05. The SMILES string of the molecule is COCc1ccc(C(=O)Nc2ccccc2C(=O)NCC2CCCO2)cc1. The minimum Gasteiger partial charge on any atom is -0.380 e. The van der Waals surface area contributed by atoms with Gasteiger partial charge in [-0.15, -0.1) is 0 Å². The molecule has 6 nitrogen and oxygen atoms in total. The van der Waals surface area contributed by atoms with E-state index in [0.717, 1.165) is 25.0 Å². The second-order valence-electron chi connectivity index (χ2n) is 6.47. The number of amides is 2. The van der Waals surface area contributed by atoms with Crippen molar-refractivity contribution < 1.29 is 19.1 Å². The van der Waals surface area contributed by atoms with Gasteiger partial charge in [0.1, 0.15) is 0 Å². The molecule has 2 aromatic carbocycles. The molecular formula is C21H24N2O4. The minimum absolute atomic E-state index is 0.0707. The number of para-hydroxylation sites is 1. The van der Waals surface area contributed by atoms with E-state index in [2.05, 4.69) is 10.6 Å². The van der Waals surface area contributed by atoms with Gasteiger partial charge in [-0.25, -0.2) is 0 Å². The predicted octanol–water partition coefficient (Wildman–Crippen LogP) is 2.99. The molecule has 3 rings (SSSR count). The lowest BCUT2D eigenvalue weighted by molar-refractivity contribution is 0.0858. The summed E-state index contributed by atoms with van der Waals surface area (Å²) < 4.78 is 10.6. The van der Waals surface area contributed by atoms with Gasteiger partial charge >= 0.3 is 0 Å². The van der Waals surface area contributed by atoms with Crippen molar-refractivity contribution in [2.24, 2.45) is 0 Å². The Balaban J connectivity index is 1.65. The van der Waals surface area contributed by atoms with Crippen LogP contribution in [-0.2, 0) is 16.1 Å². The fourth-order valence-electron chi connectivity index (χ4n) is 3.01. The Hall–Kier alpha value is -2.70. The highest BCUT2D eigenvalue weighted by atomic mass is 16.5. The van der Waals surface area contributed by atoms with Gasteiger partial charge in [-0.2, -0.15) is 0 Å². The quantitative estimate of drug-likeness (QED) is 0.788. The van der Waals surface area contributed by atoms with Crippen LogP contribution in [0.1, 0.15) is 39.1 Å². The summed E-state index contributed by atoms with van der Waals surface area (Å²) in [6, 6.07) is 14.1. The van der Waals surface area contributed by atoms with Gasteiger partial charge in [0.05, 0.1) is 24.0 Å². The van der Waals surface area contributed by atoms with Crippen LogP contribution in [0.5, 0.6) is 0 Å². The third-order valence-electron chi connectivity index (χ3n) is 4.46. The summed E-state index contributed by atoms with van der Waals surface area (Å²) >= 11 is 0. The molecule has 1 heterocycles. The van der Waals surface area contributed by atoms with Crippen LogP contribution in [0, 0.1) is 0 Å². The first-order chi connectivity index (χ1) is 13.2. The van der Waals surface area contributed by atoms with Crippen LogP contribution < -0.4 is 10.6 Å². The maximum absolute atomic E-state index is 12.5. The second-order valence-corrected chi connectivity index (χ2v) is 6.47. The number of nitrogens with one attached hydrogen (secondary N) is 2. The molecule has 1 fully saturated rings. The second kappa shape index (κ2) is 9.30. The Morgan fingerprint density at radius 2 is 1.89 bits per heavy atom. The van der Waals surface area contributed by atoms with Crippen molar-refractivity contribution in [3.63, 3.8) is 0 Å². The van der Waals surface area contributed by atoms with Crippen molar-refractivity contribution in [3.8, 4) is 0 Å². The molecule has 1 atom stereocenters. The van der Waals surface area contributed by atoms with Crippen LogP contribution in [0.25, 0.3) is 0 Å². The third-order valence-corrected chi connectivity index (χ3v) is 4.46. The van der Waals surface area contributed by atoms with Crippen molar-refractivity contribution in [3.05, 3.63) is 65.2 Å². The number of hydrogen-bond donors (Lipinski definition) is 2. The number of carbonyl (C=O) groups is 2. The molecule has 1 aliphatic rings. The van der Waals surface area contributed by atoms with Gasteiger partial charge in [-0.3, -0.25) is 9.59 Å². The maximum Gasteiger partial charge on any atom is 0.255 e. The lowest BCUT2D eigenvalue weighted by Gasteiger charge is -2.14. The molecule has 0 aromatic heterocycles. The number of ether oxygens (including phenoxy) is 2. The van der Waals surface area contributed by atoms with E-state index in [0.29, 0.717) is 30.0 Å². The predicted molar refractivity (Wildman–Crippen MR) is 103 cm³/mol. The molecule has 142 valence electrons. The Bertz CT molecular complexity index is 783. The van der Waals surface area contributed by atoms with E-state index < -0.39 is 0 Å². The van der Waals surface area contributed by atoms with Crippen molar-refractivity contribution in [1.82, 2.24) is 5.32 Å². The number of benzene rings is 2. The van der Waals surface area contributed by atoms with Crippen LogP contribution in [-0.4, -0.2) is 38.2 Å². The van der Waals surface area contributed by atoms with Crippen molar-refractivity contribution in [2.45, 2.75) is 25.6 Å². The zero-order valence-corrected chi connectivity index (χ0v) is 15.4. The zero-order valence-electron chi connectivity index (χ0n) is 15.4. The number of anilines is 1. The van der Waals surface area contributed by atoms with E-state index in [1.165, 1.54) is 0 Å². The number of methoxy groups -OCH3 is 1. The Morgan fingerprint density at radius 3 is 2.59 bits per heavy atom. The summed E-state index contributed by atoms with van der Waals surface area (Å²) in [4.78, 5) is 25.1. The number of carbonyl (C=O) groups excluding carboxylic acids is 2. The van der Waals surface area contributed by atoms with Gasteiger partial charge in [-0.05, 0) is 42.7 Å². The Kier molecular flexibility index (Phi) is 6.57. The molecule has 27 heavy (non-hydrogen) atoms. The smallest absolute Gasteiger partial charge is 0.255 e. The fourth-order valence-corrected chi connectivity index (χ4v) is 3.01. The number of hydrogen-bond acceptors (Lipinski definition) is 4. The highest BCUT2D eigenvalue weighted by molar-refractivity contribution is 6.09. The molecular weight excluding hydrogens is 344 g/mol. The standard InChI is InChI=1S/C21H24N2O4/c1-26-14-15-8-10-16(11-9-15)20(24)23-19-7-3-2-6-18(19)21(25)22-13-17-5-4-12-27-17/h2-3,6-11,17H,4-5,12-14H2,1H3,(H,22,25)(H,23,24). The fraction of sp³-hybridized carbons (Fsp3) is 0.333. The molecule has 2 aromatic rings. The van der Waals surface area contributed by atoms with Crippen LogP contribution in [0.15, 0.2) is 48.5 Å². The molecule has 1 unspecified atom stereocenters. The highest BCUT2D eigenvalue weighted by Gasteiger charge is 2.18. The van der Waals surface area contributed by atoms with Gasteiger partial charge in [-0.1, -0.05) is 24.3 Å². The van der Waals surface area contributed by atoms with Crippen molar-refractivity contribution >= 4 is 17.5 Å². The molecule has 0 saturated carbocycles. The molecule has 0 spiro atoms. The first-order valence-electron chi connectivity index (χ1n) is 9.05. The average Bonchev–Trinajstić information content (AvgIpc) is 3.21. The third kappa shape index (κ3) is 5.15. The highest BCUT2D eigenvalue weighted by Crippen LogP contribution is 2.17. The van der Waals surface area contributed by atoms with E-state index in [1.54, 1.807) is 43.5 Å². The molecule has 1 saturated heterocycles. The van der Waals surface area contributed by atoms with E-state index in [-0.39, 0.29) is 17.9 Å². The molecule has 1 aliphatic heterocycles. The van der Waals surface area contributed by atoms with Crippen LogP contribution in [0.3, 0.4) is 0 Å². The molecule has 0 bridgehead atoms. The van der Waals surface area contributed by atoms with Crippen molar-refractivity contribution in [2.75, 3.05) is 25.6 Å². The van der Waals surface area contributed by atoms with Crippen LogP contribution >= 0.6 is 0 Å². The molecule has 0 aliphatic carbocycles. The number of rotatable bonds is 7. The molecule has 6 heteroatoms. The monoisotopic (exact) mass is 368 g/mol.